The average molecular weight is 286 g/mol. The van der Waals surface area contributed by atoms with Gasteiger partial charge in [0.1, 0.15) is 0 Å². The number of carbonyl (C=O) groups is 1. The molecule has 3 rings (SSSR count). The number of fused-ring (bicyclic) bond motifs is 1. The van der Waals surface area contributed by atoms with E-state index in [1.807, 2.05) is 36.4 Å². The summed E-state index contributed by atoms with van der Waals surface area (Å²) in [4.78, 5) is 14.8. The fourth-order valence-electron chi connectivity index (χ4n) is 2.20. The second kappa shape index (κ2) is 5.02. The lowest BCUT2D eigenvalue weighted by atomic mass is 10.1. The van der Waals surface area contributed by atoms with E-state index >= 15 is 0 Å². The summed E-state index contributed by atoms with van der Waals surface area (Å²) in [6.07, 6.45) is 0. The Labute approximate surface area is 121 Å². The zero-order chi connectivity index (χ0) is 14.1. The maximum atomic E-state index is 11.5. The molecule has 0 saturated heterocycles. The number of methoxy groups -OCH3 is 1. The molecular weight excluding hydrogens is 274 g/mol. The number of hydrogen-bond donors (Lipinski definition) is 1. The number of rotatable bonds is 2. The summed E-state index contributed by atoms with van der Waals surface area (Å²) in [6.45, 7) is 0. The van der Waals surface area contributed by atoms with Gasteiger partial charge < -0.3 is 9.72 Å². The fourth-order valence-corrected chi connectivity index (χ4v) is 2.43. The van der Waals surface area contributed by atoms with Gasteiger partial charge in [-0.15, -0.1) is 0 Å². The zero-order valence-corrected chi connectivity index (χ0v) is 11.6. The predicted molar refractivity (Wildman–Crippen MR) is 80.1 cm³/mol. The topological polar surface area (TPSA) is 42.1 Å². The number of halogens is 1. The molecule has 0 unspecified atom stereocenters. The molecule has 1 N–H and O–H groups in total. The second-order valence-electron chi connectivity index (χ2n) is 4.46. The summed E-state index contributed by atoms with van der Waals surface area (Å²) in [5.41, 5.74) is 3.26. The molecule has 1 aromatic heterocycles. The van der Waals surface area contributed by atoms with Gasteiger partial charge in [-0.05, 0) is 24.3 Å². The van der Waals surface area contributed by atoms with Crippen molar-refractivity contribution in [2.45, 2.75) is 0 Å². The van der Waals surface area contributed by atoms with Crippen LogP contribution in [0.2, 0.25) is 5.02 Å². The molecule has 1 heterocycles. The van der Waals surface area contributed by atoms with E-state index in [-0.39, 0.29) is 5.97 Å². The van der Waals surface area contributed by atoms with E-state index in [1.165, 1.54) is 7.11 Å². The van der Waals surface area contributed by atoms with Gasteiger partial charge in [-0.3, -0.25) is 0 Å². The van der Waals surface area contributed by atoms with E-state index in [2.05, 4.69) is 4.98 Å². The van der Waals surface area contributed by atoms with Crippen molar-refractivity contribution in [1.82, 2.24) is 4.98 Å². The third-order valence-corrected chi connectivity index (χ3v) is 3.54. The smallest absolute Gasteiger partial charge is 0.337 e. The van der Waals surface area contributed by atoms with Crippen LogP contribution in [-0.2, 0) is 4.74 Å². The van der Waals surface area contributed by atoms with Crippen LogP contribution in [0.3, 0.4) is 0 Å². The Bertz CT molecular complexity index is 792. The highest BCUT2D eigenvalue weighted by Crippen LogP contribution is 2.30. The van der Waals surface area contributed by atoms with Crippen LogP contribution in [0.1, 0.15) is 10.4 Å². The Balaban J connectivity index is 2.12. The summed E-state index contributed by atoms with van der Waals surface area (Å²) in [5, 5.41) is 1.71. The Morgan fingerprint density at radius 2 is 1.95 bits per heavy atom. The number of H-pyrrole nitrogens is 1. The van der Waals surface area contributed by atoms with Gasteiger partial charge >= 0.3 is 5.97 Å². The summed E-state index contributed by atoms with van der Waals surface area (Å²) < 4.78 is 4.72. The quantitative estimate of drug-likeness (QED) is 0.714. The first-order valence-electron chi connectivity index (χ1n) is 6.15. The van der Waals surface area contributed by atoms with Crippen molar-refractivity contribution in [2.24, 2.45) is 0 Å². The first-order valence-corrected chi connectivity index (χ1v) is 6.53. The van der Waals surface area contributed by atoms with E-state index in [0.29, 0.717) is 10.6 Å². The second-order valence-corrected chi connectivity index (χ2v) is 4.86. The molecule has 3 nitrogen and oxygen atoms in total. The maximum absolute atomic E-state index is 11.5. The number of carbonyl (C=O) groups excluding carboxylic acids is 1. The van der Waals surface area contributed by atoms with E-state index < -0.39 is 0 Å². The largest absolute Gasteiger partial charge is 0.465 e. The van der Waals surface area contributed by atoms with E-state index in [9.17, 15) is 4.79 Å². The summed E-state index contributed by atoms with van der Waals surface area (Å²) >= 11 is 6.20. The average Bonchev–Trinajstić information content (AvgIpc) is 2.89. The highest BCUT2D eigenvalue weighted by molar-refractivity contribution is 6.33. The Kier molecular flexibility index (Phi) is 3.20. The van der Waals surface area contributed by atoms with Crippen molar-refractivity contribution in [1.29, 1.82) is 0 Å². The highest BCUT2D eigenvalue weighted by atomic mass is 35.5. The maximum Gasteiger partial charge on any atom is 0.337 e. The van der Waals surface area contributed by atoms with Crippen molar-refractivity contribution in [3.05, 3.63) is 59.1 Å². The van der Waals surface area contributed by atoms with Gasteiger partial charge in [0, 0.05) is 27.2 Å². The van der Waals surface area contributed by atoms with Crippen LogP contribution in [-0.4, -0.2) is 18.1 Å². The van der Waals surface area contributed by atoms with Crippen molar-refractivity contribution < 1.29 is 9.53 Å². The molecule has 4 heteroatoms. The third kappa shape index (κ3) is 2.17. The molecule has 0 aliphatic heterocycles. The van der Waals surface area contributed by atoms with Crippen LogP contribution < -0.4 is 0 Å². The van der Waals surface area contributed by atoms with Crippen LogP contribution in [0.5, 0.6) is 0 Å². The molecule has 20 heavy (non-hydrogen) atoms. The van der Waals surface area contributed by atoms with Crippen LogP contribution in [0.4, 0.5) is 0 Å². The van der Waals surface area contributed by atoms with Gasteiger partial charge in [-0.2, -0.15) is 0 Å². The molecule has 0 bridgehead atoms. The van der Waals surface area contributed by atoms with Crippen LogP contribution in [0.25, 0.3) is 22.2 Å². The Morgan fingerprint density at radius 3 is 2.70 bits per heavy atom. The van der Waals surface area contributed by atoms with E-state index in [0.717, 1.165) is 22.2 Å². The lowest BCUT2D eigenvalue weighted by Gasteiger charge is -2.00. The highest BCUT2D eigenvalue weighted by Gasteiger charge is 2.10. The molecule has 0 radical (unpaired) electrons. The van der Waals surface area contributed by atoms with Crippen molar-refractivity contribution in [3.63, 3.8) is 0 Å². The molecule has 0 atom stereocenters. The molecule has 0 spiro atoms. The minimum Gasteiger partial charge on any atom is -0.465 e. The van der Waals surface area contributed by atoms with Gasteiger partial charge in [0.05, 0.1) is 12.7 Å². The van der Waals surface area contributed by atoms with Crippen molar-refractivity contribution in [2.75, 3.05) is 7.11 Å². The molecule has 0 saturated carbocycles. The van der Waals surface area contributed by atoms with E-state index in [4.69, 9.17) is 16.3 Å². The molecule has 0 fully saturated rings. The number of aromatic nitrogens is 1. The summed E-state index contributed by atoms with van der Waals surface area (Å²) in [6, 6.07) is 15.1. The van der Waals surface area contributed by atoms with Crippen LogP contribution in [0.15, 0.2) is 48.5 Å². The van der Waals surface area contributed by atoms with Gasteiger partial charge in [0.2, 0.25) is 0 Å². The standard InChI is InChI=1S/C16H12ClNO2/c1-20-16(19)11-7-6-10-8-15(18-14(10)9-11)12-4-2-3-5-13(12)17/h2-9,18H,1H3. The van der Waals surface area contributed by atoms with Gasteiger partial charge in [-0.1, -0.05) is 35.9 Å². The van der Waals surface area contributed by atoms with Crippen molar-refractivity contribution >= 4 is 28.5 Å². The summed E-state index contributed by atoms with van der Waals surface area (Å²) in [7, 11) is 1.37. The molecule has 0 aliphatic rings. The van der Waals surface area contributed by atoms with E-state index in [1.54, 1.807) is 12.1 Å². The molecule has 0 aliphatic carbocycles. The normalized spacial score (nSPS) is 10.7. The summed E-state index contributed by atoms with van der Waals surface area (Å²) in [5.74, 6) is -0.346. The van der Waals surface area contributed by atoms with Crippen molar-refractivity contribution in [3.8, 4) is 11.3 Å². The number of benzene rings is 2. The van der Waals surface area contributed by atoms with Gasteiger partial charge in [0.25, 0.3) is 0 Å². The number of esters is 1. The molecule has 3 aromatic rings. The minimum absolute atomic E-state index is 0.346. The van der Waals surface area contributed by atoms with Gasteiger partial charge in [-0.25, -0.2) is 4.79 Å². The Morgan fingerprint density at radius 1 is 1.15 bits per heavy atom. The number of hydrogen-bond acceptors (Lipinski definition) is 2. The first kappa shape index (κ1) is 12.8. The zero-order valence-electron chi connectivity index (χ0n) is 10.8. The van der Waals surface area contributed by atoms with Gasteiger partial charge in [0.15, 0.2) is 0 Å². The minimum atomic E-state index is -0.346. The lowest BCUT2D eigenvalue weighted by Crippen LogP contribution is -2.00. The molecule has 2 aromatic carbocycles. The molecule has 100 valence electrons. The predicted octanol–water partition coefficient (Wildman–Crippen LogP) is 4.27. The third-order valence-electron chi connectivity index (χ3n) is 3.21. The first-order chi connectivity index (χ1) is 9.69. The van der Waals surface area contributed by atoms with Crippen LogP contribution in [0, 0.1) is 0 Å². The SMILES string of the molecule is COC(=O)c1ccc2cc(-c3ccccc3Cl)[nH]c2c1. The number of aromatic amines is 1. The lowest BCUT2D eigenvalue weighted by molar-refractivity contribution is 0.0601. The van der Waals surface area contributed by atoms with Crippen LogP contribution >= 0.6 is 11.6 Å². The monoisotopic (exact) mass is 285 g/mol. The molecule has 0 amide bonds. The molecular formula is C16H12ClNO2. The fraction of sp³-hybridized carbons (Fsp3) is 0.0625. The Hall–Kier alpha value is -2.26. The number of ether oxygens (including phenoxy) is 1. The number of nitrogens with one attached hydrogen (secondary N) is 1.